The van der Waals surface area contributed by atoms with E-state index < -0.39 is 0 Å². The predicted molar refractivity (Wildman–Crippen MR) is 60.7 cm³/mol. The van der Waals surface area contributed by atoms with Crippen molar-refractivity contribution in [1.82, 2.24) is 14.9 Å². The Labute approximate surface area is 93.3 Å². The van der Waals surface area contributed by atoms with Crippen molar-refractivity contribution in [2.75, 3.05) is 13.1 Å². The fourth-order valence-electron chi connectivity index (χ4n) is 2.16. The molecule has 1 saturated heterocycles. The van der Waals surface area contributed by atoms with Crippen molar-refractivity contribution in [1.29, 1.82) is 0 Å². The van der Waals surface area contributed by atoms with Crippen LogP contribution in [0, 0.1) is 11.7 Å². The molecule has 1 aromatic carbocycles. The smallest absolute Gasteiger partial charge is 0.125 e. The number of hydrogen-bond acceptors (Lipinski definition) is 2. The summed E-state index contributed by atoms with van der Waals surface area (Å²) in [7, 11) is 1.99. The van der Waals surface area contributed by atoms with E-state index >= 15 is 0 Å². The Morgan fingerprint density at radius 3 is 3.00 bits per heavy atom. The van der Waals surface area contributed by atoms with Crippen LogP contribution < -0.4 is 5.32 Å². The second kappa shape index (κ2) is 3.56. The van der Waals surface area contributed by atoms with Gasteiger partial charge >= 0.3 is 0 Å². The Bertz CT molecular complexity index is 528. The molecule has 0 spiro atoms. The van der Waals surface area contributed by atoms with Crippen LogP contribution in [0.1, 0.15) is 5.82 Å². The minimum Gasteiger partial charge on any atom is -0.331 e. The van der Waals surface area contributed by atoms with Gasteiger partial charge in [-0.25, -0.2) is 9.37 Å². The minimum atomic E-state index is -0.220. The number of fused-ring (bicyclic) bond motifs is 1. The summed E-state index contributed by atoms with van der Waals surface area (Å²) in [5.74, 6) is 1.51. The summed E-state index contributed by atoms with van der Waals surface area (Å²) in [6, 6.07) is 4.77. The van der Waals surface area contributed by atoms with E-state index in [2.05, 4.69) is 14.9 Å². The standard InChI is InChI=1S/C12H14FN3/c1-16-11-3-2-9(13)5-10(11)15-12(16)4-8-6-14-7-8/h2-3,5,8,14H,4,6-7H2,1H3. The number of benzene rings is 1. The number of nitrogens with one attached hydrogen (secondary N) is 1. The summed E-state index contributed by atoms with van der Waals surface area (Å²) < 4.78 is 15.1. The third kappa shape index (κ3) is 1.50. The normalized spacial score (nSPS) is 16.6. The molecule has 16 heavy (non-hydrogen) atoms. The Kier molecular flexibility index (Phi) is 2.17. The zero-order valence-corrected chi connectivity index (χ0v) is 9.20. The number of nitrogens with zero attached hydrogens (tertiary/aromatic N) is 2. The van der Waals surface area contributed by atoms with E-state index in [0.717, 1.165) is 36.4 Å². The van der Waals surface area contributed by atoms with Crippen LogP contribution in [0.15, 0.2) is 18.2 Å². The fourth-order valence-corrected chi connectivity index (χ4v) is 2.16. The lowest BCUT2D eigenvalue weighted by Crippen LogP contribution is -2.43. The summed E-state index contributed by atoms with van der Waals surface area (Å²) in [5.41, 5.74) is 1.76. The topological polar surface area (TPSA) is 29.9 Å². The monoisotopic (exact) mass is 219 g/mol. The van der Waals surface area contributed by atoms with Gasteiger partial charge in [0.15, 0.2) is 0 Å². The molecule has 1 aliphatic heterocycles. The van der Waals surface area contributed by atoms with Crippen molar-refractivity contribution in [3.8, 4) is 0 Å². The van der Waals surface area contributed by atoms with Gasteiger partial charge in [-0.1, -0.05) is 0 Å². The molecule has 84 valence electrons. The number of hydrogen-bond donors (Lipinski definition) is 1. The first-order chi connectivity index (χ1) is 7.74. The van der Waals surface area contributed by atoms with E-state index in [0.29, 0.717) is 5.92 Å². The number of aryl methyl sites for hydroxylation is 1. The number of halogens is 1. The quantitative estimate of drug-likeness (QED) is 0.829. The Morgan fingerprint density at radius 1 is 1.50 bits per heavy atom. The molecule has 3 nitrogen and oxygen atoms in total. The number of imidazole rings is 1. The molecular weight excluding hydrogens is 205 g/mol. The molecule has 0 radical (unpaired) electrons. The summed E-state index contributed by atoms with van der Waals surface area (Å²) in [6.45, 7) is 2.13. The molecule has 2 heterocycles. The maximum atomic E-state index is 13.1. The molecule has 0 aliphatic carbocycles. The lowest BCUT2D eigenvalue weighted by molar-refractivity contribution is 0.339. The van der Waals surface area contributed by atoms with Gasteiger partial charge in [-0.3, -0.25) is 0 Å². The van der Waals surface area contributed by atoms with Crippen LogP contribution in [0.25, 0.3) is 11.0 Å². The zero-order valence-electron chi connectivity index (χ0n) is 9.20. The predicted octanol–water partition coefficient (Wildman–Crippen LogP) is 1.47. The highest BCUT2D eigenvalue weighted by Crippen LogP contribution is 2.19. The van der Waals surface area contributed by atoms with E-state index in [1.165, 1.54) is 12.1 Å². The highest BCUT2D eigenvalue weighted by atomic mass is 19.1. The van der Waals surface area contributed by atoms with Crippen LogP contribution in [0.2, 0.25) is 0 Å². The van der Waals surface area contributed by atoms with Crippen molar-refractivity contribution in [2.45, 2.75) is 6.42 Å². The summed E-state index contributed by atoms with van der Waals surface area (Å²) in [4.78, 5) is 4.49. The number of aromatic nitrogens is 2. The largest absolute Gasteiger partial charge is 0.331 e. The minimum absolute atomic E-state index is 0.220. The molecule has 0 saturated carbocycles. The molecule has 1 aliphatic rings. The van der Waals surface area contributed by atoms with Crippen LogP contribution in [-0.2, 0) is 13.5 Å². The second-order valence-electron chi connectivity index (χ2n) is 4.45. The molecule has 0 amide bonds. The van der Waals surface area contributed by atoms with Crippen LogP contribution >= 0.6 is 0 Å². The SMILES string of the molecule is Cn1c(CC2CNC2)nc2cc(F)ccc21. The van der Waals surface area contributed by atoms with Gasteiger partial charge in [0.25, 0.3) is 0 Å². The van der Waals surface area contributed by atoms with Crippen LogP contribution in [-0.4, -0.2) is 22.6 Å². The Hall–Kier alpha value is -1.42. The van der Waals surface area contributed by atoms with E-state index in [-0.39, 0.29) is 5.82 Å². The van der Waals surface area contributed by atoms with Crippen LogP contribution in [0.4, 0.5) is 4.39 Å². The van der Waals surface area contributed by atoms with Gasteiger partial charge in [0.05, 0.1) is 11.0 Å². The van der Waals surface area contributed by atoms with E-state index in [9.17, 15) is 4.39 Å². The molecule has 1 aromatic heterocycles. The third-order valence-corrected chi connectivity index (χ3v) is 3.27. The summed E-state index contributed by atoms with van der Waals surface area (Å²) in [5, 5.41) is 3.25. The molecule has 2 aromatic rings. The summed E-state index contributed by atoms with van der Waals surface area (Å²) >= 11 is 0. The van der Waals surface area contributed by atoms with E-state index in [4.69, 9.17) is 0 Å². The van der Waals surface area contributed by atoms with Gasteiger partial charge < -0.3 is 9.88 Å². The molecule has 0 bridgehead atoms. The molecule has 4 heteroatoms. The number of rotatable bonds is 2. The molecule has 3 rings (SSSR count). The van der Waals surface area contributed by atoms with Gasteiger partial charge in [-0.05, 0) is 31.1 Å². The average Bonchev–Trinajstić information content (AvgIpc) is 2.49. The fraction of sp³-hybridized carbons (Fsp3) is 0.417. The van der Waals surface area contributed by atoms with E-state index in [1.54, 1.807) is 6.07 Å². The van der Waals surface area contributed by atoms with Gasteiger partial charge in [0.2, 0.25) is 0 Å². The Morgan fingerprint density at radius 2 is 2.31 bits per heavy atom. The van der Waals surface area contributed by atoms with Gasteiger partial charge in [0.1, 0.15) is 11.6 Å². The van der Waals surface area contributed by atoms with Crippen LogP contribution in [0.3, 0.4) is 0 Å². The average molecular weight is 219 g/mol. The molecule has 1 fully saturated rings. The van der Waals surface area contributed by atoms with Gasteiger partial charge in [0, 0.05) is 19.5 Å². The second-order valence-corrected chi connectivity index (χ2v) is 4.45. The first kappa shape index (κ1) is 9.78. The molecule has 0 atom stereocenters. The van der Waals surface area contributed by atoms with Gasteiger partial charge in [-0.15, -0.1) is 0 Å². The van der Waals surface area contributed by atoms with Crippen molar-refractivity contribution in [2.24, 2.45) is 13.0 Å². The van der Waals surface area contributed by atoms with Gasteiger partial charge in [-0.2, -0.15) is 0 Å². The highest BCUT2D eigenvalue weighted by molar-refractivity contribution is 5.75. The van der Waals surface area contributed by atoms with Crippen molar-refractivity contribution < 1.29 is 4.39 Å². The van der Waals surface area contributed by atoms with Crippen molar-refractivity contribution in [3.05, 3.63) is 29.8 Å². The summed E-state index contributed by atoms with van der Waals surface area (Å²) in [6.07, 6.45) is 0.972. The maximum Gasteiger partial charge on any atom is 0.125 e. The highest BCUT2D eigenvalue weighted by Gasteiger charge is 2.20. The molecule has 0 unspecified atom stereocenters. The van der Waals surface area contributed by atoms with E-state index in [1.807, 2.05) is 7.05 Å². The molecular formula is C12H14FN3. The first-order valence-corrected chi connectivity index (χ1v) is 5.55. The third-order valence-electron chi connectivity index (χ3n) is 3.27. The molecule has 1 N–H and O–H groups in total. The lowest BCUT2D eigenvalue weighted by atomic mass is 9.99. The maximum absolute atomic E-state index is 13.1. The van der Waals surface area contributed by atoms with Crippen LogP contribution in [0.5, 0.6) is 0 Å². The first-order valence-electron chi connectivity index (χ1n) is 5.55. The Balaban J connectivity index is 2.00. The van der Waals surface area contributed by atoms with Crippen molar-refractivity contribution >= 4 is 11.0 Å². The van der Waals surface area contributed by atoms with Crippen molar-refractivity contribution in [3.63, 3.8) is 0 Å². The zero-order chi connectivity index (χ0) is 11.1. The lowest BCUT2D eigenvalue weighted by Gasteiger charge is -2.26.